The second kappa shape index (κ2) is 5.89. The third-order valence-corrected chi connectivity index (χ3v) is 5.07. The van der Waals surface area contributed by atoms with E-state index >= 15 is 0 Å². The molecule has 7 heteroatoms. The molecule has 0 bridgehead atoms. The lowest BCUT2D eigenvalue weighted by Gasteiger charge is -2.26. The number of carbonyl (C=O) groups is 1. The molecule has 2 heterocycles. The molecule has 2 atom stereocenters. The van der Waals surface area contributed by atoms with Gasteiger partial charge >= 0.3 is 6.03 Å². The zero-order valence-electron chi connectivity index (χ0n) is 13.6. The van der Waals surface area contributed by atoms with Gasteiger partial charge in [0.1, 0.15) is 12.1 Å². The number of aryl methyl sites for hydroxylation is 1. The van der Waals surface area contributed by atoms with Gasteiger partial charge in [-0.2, -0.15) is 0 Å². The van der Waals surface area contributed by atoms with Crippen LogP contribution in [0.3, 0.4) is 0 Å². The summed E-state index contributed by atoms with van der Waals surface area (Å²) in [5, 5.41) is 11.1. The van der Waals surface area contributed by atoms with E-state index in [1.165, 1.54) is 6.07 Å². The summed E-state index contributed by atoms with van der Waals surface area (Å²) in [6, 6.07) is 4.81. The third kappa shape index (κ3) is 2.44. The molecule has 1 aliphatic heterocycles. The van der Waals surface area contributed by atoms with E-state index in [0.29, 0.717) is 13.0 Å². The molecule has 1 aromatic heterocycles. The maximum Gasteiger partial charge on any atom is 0.318 e. The van der Waals surface area contributed by atoms with Crippen LogP contribution in [0.1, 0.15) is 48.3 Å². The standard InChI is InChI=1S/C17H20FN5O/c1-22-10-19-21-16(22)15-6-3-9-23(15)17(24)20-14-8-7-11-12(14)4-2-5-13(11)18/h2,4-5,10,14-15H,3,6-9H2,1H3,(H,20,24)/t14-,15+/m1/s1. The summed E-state index contributed by atoms with van der Waals surface area (Å²) in [6.45, 7) is 0.700. The predicted molar refractivity (Wildman–Crippen MR) is 85.7 cm³/mol. The van der Waals surface area contributed by atoms with Crippen LogP contribution in [0.25, 0.3) is 0 Å². The largest absolute Gasteiger partial charge is 0.331 e. The van der Waals surface area contributed by atoms with Gasteiger partial charge in [-0.1, -0.05) is 12.1 Å². The Morgan fingerprint density at radius 1 is 1.38 bits per heavy atom. The van der Waals surface area contributed by atoms with Crippen LogP contribution in [0.15, 0.2) is 24.5 Å². The van der Waals surface area contributed by atoms with Crippen molar-refractivity contribution in [1.82, 2.24) is 25.0 Å². The number of hydrogen-bond acceptors (Lipinski definition) is 3. The maximum atomic E-state index is 13.9. The van der Waals surface area contributed by atoms with E-state index in [1.807, 2.05) is 22.6 Å². The van der Waals surface area contributed by atoms with Crippen molar-refractivity contribution < 1.29 is 9.18 Å². The number of urea groups is 1. The van der Waals surface area contributed by atoms with Crippen molar-refractivity contribution in [3.05, 3.63) is 47.3 Å². The van der Waals surface area contributed by atoms with Crippen LogP contribution in [0, 0.1) is 5.82 Å². The Morgan fingerprint density at radius 3 is 3.04 bits per heavy atom. The number of aromatic nitrogens is 3. The molecule has 1 fully saturated rings. The first-order valence-electron chi connectivity index (χ1n) is 8.33. The highest BCUT2D eigenvalue weighted by Gasteiger charge is 2.35. The zero-order valence-corrected chi connectivity index (χ0v) is 13.6. The summed E-state index contributed by atoms with van der Waals surface area (Å²) in [5.41, 5.74) is 1.63. The summed E-state index contributed by atoms with van der Waals surface area (Å²) >= 11 is 0. The fraction of sp³-hybridized carbons (Fsp3) is 0.471. The number of likely N-dealkylation sites (tertiary alicyclic amines) is 1. The zero-order chi connectivity index (χ0) is 16.7. The van der Waals surface area contributed by atoms with E-state index in [-0.39, 0.29) is 23.9 Å². The van der Waals surface area contributed by atoms with Gasteiger partial charge in [0.15, 0.2) is 5.82 Å². The molecule has 0 saturated carbocycles. The van der Waals surface area contributed by atoms with E-state index in [1.54, 1.807) is 12.4 Å². The molecule has 126 valence electrons. The molecule has 1 saturated heterocycles. The van der Waals surface area contributed by atoms with Gasteiger partial charge in [-0.3, -0.25) is 0 Å². The van der Waals surface area contributed by atoms with Gasteiger partial charge in [0.05, 0.1) is 12.1 Å². The van der Waals surface area contributed by atoms with E-state index in [0.717, 1.165) is 36.2 Å². The molecule has 0 unspecified atom stereocenters. The fourth-order valence-electron chi connectivity index (χ4n) is 3.86. The summed E-state index contributed by atoms with van der Waals surface area (Å²) in [4.78, 5) is 14.6. The number of nitrogens with zero attached hydrogens (tertiary/aromatic N) is 4. The van der Waals surface area contributed by atoms with E-state index in [9.17, 15) is 9.18 Å². The smallest absolute Gasteiger partial charge is 0.318 e. The predicted octanol–water partition coefficient (Wildman–Crippen LogP) is 2.49. The van der Waals surface area contributed by atoms with E-state index in [2.05, 4.69) is 15.5 Å². The Labute approximate surface area is 139 Å². The molecule has 2 aliphatic rings. The number of fused-ring (bicyclic) bond motifs is 1. The Kier molecular flexibility index (Phi) is 3.70. The van der Waals surface area contributed by atoms with Crippen molar-refractivity contribution in [3.8, 4) is 0 Å². The van der Waals surface area contributed by atoms with Gasteiger partial charge in [-0.05, 0) is 42.9 Å². The van der Waals surface area contributed by atoms with Gasteiger partial charge in [0.2, 0.25) is 0 Å². The highest BCUT2D eigenvalue weighted by atomic mass is 19.1. The summed E-state index contributed by atoms with van der Waals surface area (Å²) < 4.78 is 15.7. The molecule has 0 spiro atoms. The lowest BCUT2D eigenvalue weighted by atomic mass is 10.1. The number of halogens is 1. The highest BCUT2D eigenvalue weighted by Crippen LogP contribution is 2.34. The number of amides is 2. The average Bonchev–Trinajstić information content (AvgIpc) is 3.27. The van der Waals surface area contributed by atoms with Gasteiger partial charge in [-0.25, -0.2) is 9.18 Å². The monoisotopic (exact) mass is 329 g/mol. The summed E-state index contributed by atoms with van der Waals surface area (Å²) in [7, 11) is 1.89. The SMILES string of the molecule is Cn1cnnc1[C@@H]1CCCN1C(=O)N[C@@H]1CCc2c(F)cccc21. The number of nitrogens with one attached hydrogen (secondary N) is 1. The topological polar surface area (TPSA) is 63.1 Å². The van der Waals surface area contributed by atoms with Gasteiger partial charge < -0.3 is 14.8 Å². The minimum Gasteiger partial charge on any atom is -0.331 e. The number of rotatable bonds is 2. The van der Waals surface area contributed by atoms with Crippen LogP contribution in [-0.2, 0) is 13.5 Å². The number of carbonyl (C=O) groups excluding carboxylic acids is 1. The molecule has 1 aliphatic carbocycles. The normalized spacial score (nSPS) is 22.7. The van der Waals surface area contributed by atoms with Crippen molar-refractivity contribution >= 4 is 6.03 Å². The first-order valence-corrected chi connectivity index (χ1v) is 8.33. The van der Waals surface area contributed by atoms with E-state index < -0.39 is 0 Å². The van der Waals surface area contributed by atoms with Crippen LogP contribution in [0.2, 0.25) is 0 Å². The van der Waals surface area contributed by atoms with Crippen LogP contribution >= 0.6 is 0 Å². The number of benzene rings is 1. The molecule has 2 aromatic rings. The van der Waals surface area contributed by atoms with Gasteiger partial charge in [0, 0.05) is 13.6 Å². The van der Waals surface area contributed by atoms with Crippen LogP contribution < -0.4 is 5.32 Å². The Balaban J connectivity index is 1.51. The third-order valence-electron chi connectivity index (χ3n) is 5.07. The fourth-order valence-corrected chi connectivity index (χ4v) is 3.86. The second-order valence-electron chi connectivity index (χ2n) is 6.50. The Hall–Kier alpha value is -2.44. The first-order chi connectivity index (χ1) is 11.6. The molecule has 4 rings (SSSR count). The van der Waals surface area contributed by atoms with Gasteiger partial charge in [-0.15, -0.1) is 10.2 Å². The van der Waals surface area contributed by atoms with Crippen molar-refractivity contribution in [2.75, 3.05) is 6.54 Å². The second-order valence-corrected chi connectivity index (χ2v) is 6.50. The molecular formula is C17H20FN5O. The first kappa shape index (κ1) is 15.1. The van der Waals surface area contributed by atoms with Crippen molar-refractivity contribution in [3.63, 3.8) is 0 Å². The van der Waals surface area contributed by atoms with Gasteiger partial charge in [0.25, 0.3) is 0 Å². The molecular weight excluding hydrogens is 309 g/mol. The maximum absolute atomic E-state index is 13.9. The Morgan fingerprint density at radius 2 is 2.25 bits per heavy atom. The lowest BCUT2D eigenvalue weighted by Crippen LogP contribution is -2.41. The van der Waals surface area contributed by atoms with Crippen molar-refractivity contribution in [1.29, 1.82) is 0 Å². The summed E-state index contributed by atoms with van der Waals surface area (Å²) in [5.74, 6) is 0.628. The molecule has 1 N–H and O–H groups in total. The number of hydrogen-bond donors (Lipinski definition) is 1. The lowest BCUT2D eigenvalue weighted by molar-refractivity contribution is 0.186. The molecule has 24 heavy (non-hydrogen) atoms. The van der Waals surface area contributed by atoms with Crippen LogP contribution in [-0.4, -0.2) is 32.2 Å². The minimum atomic E-state index is -0.178. The average molecular weight is 329 g/mol. The molecule has 0 radical (unpaired) electrons. The molecule has 2 amide bonds. The molecule has 6 nitrogen and oxygen atoms in total. The van der Waals surface area contributed by atoms with E-state index in [4.69, 9.17) is 0 Å². The van der Waals surface area contributed by atoms with Crippen molar-refractivity contribution in [2.24, 2.45) is 7.05 Å². The Bertz CT molecular complexity index is 774. The van der Waals surface area contributed by atoms with Crippen molar-refractivity contribution in [2.45, 2.75) is 37.8 Å². The molecule has 1 aromatic carbocycles. The quantitative estimate of drug-likeness (QED) is 0.921. The highest BCUT2D eigenvalue weighted by molar-refractivity contribution is 5.75. The summed E-state index contributed by atoms with van der Waals surface area (Å²) in [6.07, 6.45) is 4.89. The minimum absolute atomic E-state index is 0.0501. The van der Waals surface area contributed by atoms with Crippen LogP contribution in [0.5, 0.6) is 0 Å². The van der Waals surface area contributed by atoms with Crippen LogP contribution in [0.4, 0.5) is 9.18 Å².